The Labute approximate surface area is 123 Å². The number of halogens is 3. The van der Waals surface area contributed by atoms with Crippen molar-refractivity contribution in [1.82, 2.24) is 5.32 Å². The van der Waals surface area contributed by atoms with Gasteiger partial charge in [-0.15, -0.1) is 0 Å². The van der Waals surface area contributed by atoms with Crippen molar-refractivity contribution in [2.75, 3.05) is 6.67 Å². The van der Waals surface area contributed by atoms with Crippen molar-refractivity contribution in [3.05, 3.63) is 33.3 Å². The number of carboxylic acid groups (broad SMARTS) is 1. The van der Waals surface area contributed by atoms with Gasteiger partial charge < -0.3 is 10.4 Å². The lowest BCUT2D eigenvalue weighted by molar-refractivity contribution is -0.142. The second-order valence-electron chi connectivity index (χ2n) is 3.85. The second kappa shape index (κ2) is 7.45. The Morgan fingerprint density at radius 3 is 2.74 bits per heavy atom. The van der Waals surface area contributed by atoms with Crippen molar-refractivity contribution in [2.45, 2.75) is 18.9 Å². The van der Waals surface area contributed by atoms with Gasteiger partial charge >= 0.3 is 5.97 Å². The Balaban J connectivity index is 2.54. The third-order valence-electron chi connectivity index (χ3n) is 2.42. The number of aryl methyl sites for hydroxylation is 1. The summed E-state index contributed by atoms with van der Waals surface area (Å²) in [7, 11) is 0. The van der Waals surface area contributed by atoms with Crippen molar-refractivity contribution in [3.63, 3.8) is 0 Å². The van der Waals surface area contributed by atoms with E-state index in [4.69, 9.17) is 16.7 Å². The summed E-state index contributed by atoms with van der Waals surface area (Å²) in [5.41, 5.74) is 0.828. The number of hydrogen-bond acceptors (Lipinski definition) is 2. The van der Waals surface area contributed by atoms with E-state index in [0.717, 1.165) is 10.0 Å². The van der Waals surface area contributed by atoms with Crippen LogP contribution in [-0.4, -0.2) is 29.7 Å². The number of carbonyl (C=O) groups excluding carboxylic acids is 1. The molecule has 2 N–H and O–H groups in total. The largest absolute Gasteiger partial charge is 0.480 e. The summed E-state index contributed by atoms with van der Waals surface area (Å²) in [4.78, 5) is 22.1. The molecule has 0 saturated carbocycles. The Kier molecular flexibility index (Phi) is 6.24. The van der Waals surface area contributed by atoms with Crippen LogP contribution in [0.2, 0.25) is 5.02 Å². The quantitative estimate of drug-likeness (QED) is 0.827. The molecule has 19 heavy (non-hydrogen) atoms. The van der Waals surface area contributed by atoms with Crippen LogP contribution < -0.4 is 5.32 Å². The minimum absolute atomic E-state index is 0.0583. The lowest BCUT2D eigenvalue weighted by Crippen LogP contribution is -2.42. The van der Waals surface area contributed by atoms with Crippen LogP contribution in [0, 0.1) is 0 Å². The lowest BCUT2D eigenvalue weighted by atomic mass is 10.1. The molecular weight excluding hydrogens is 340 g/mol. The van der Waals surface area contributed by atoms with Crippen LogP contribution in [0.3, 0.4) is 0 Å². The summed E-state index contributed by atoms with van der Waals surface area (Å²) in [5.74, 6) is -1.91. The van der Waals surface area contributed by atoms with Crippen LogP contribution in [0.4, 0.5) is 4.39 Å². The van der Waals surface area contributed by atoms with E-state index in [9.17, 15) is 14.0 Å². The maximum atomic E-state index is 12.3. The summed E-state index contributed by atoms with van der Waals surface area (Å²) in [6, 6.07) is 3.69. The first-order chi connectivity index (χ1) is 8.93. The van der Waals surface area contributed by atoms with E-state index < -0.39 is 24.6 Å². The second-order valence-corrected chi connectivity index (χ2v) is 5.14. The fourth-order valence-electron chi connectivity index (χ4n) is 1.42. The van der Waals surface area contributed by atoms with Gasteiger partial charge in [0.25, 0.3) is 0 Å². The maximum Gasteiger partial charge on any atom is 0.328 e. The molecule has 0 aromatic heterocycles. The highest BCUT2D eigenvalue weighted by Gasteiger charge is 2.19. The van der Waals surface area contributed by atoms with E-state index in [1.54, 1.807) is 18.2 Å². The highest BCUT2D eigenvalue weighted by molar-refractivity contribution is 9.10. The highest BCUT2D eigenvalue weighted by atomic mass is 79.9. The monoisotopic (exact) mass is 351 g/mol. The van der Waals surface area contributed by atoms with Gasteiger partial charge in [0.1, 0.15) is 6.67 Å². The zero-order chi connectivity index (χ0) is 14.4. The number of alkyl halides is 1. The van der Waals surface area contributed by atoms with Crippen LogP contribution in [0.15, 0.2) is 22.7 Å². The number of hydrogen-bond donors (Lipinski definition) is 2. The minimum atomic E-state index is -1.49. The molecule has 0 fully saturated rings. The summed E-state index contributed by atoms with van der Waals surface area (Å²) in [5, 5.41) is 11.3. The van der Waals surface area contributed by atoms with Gasteiger partial charge in [-0.3, -0.25) is 4.79 Å². The highest BCUT2D eigenvalue weighted by Crippen LogP contribution is 2.22. The molecular formula is C12H12BrClFNO3. The van der Waals surface area contributed by atoms with Gasteiger partial charge in [0.2, 0.25) is 5.91 Å². The molecule has 1 aromatic carbocycles. The molecule has 1 rings (SSSR count). The van der Waals surface area contributed by atoms with Gasteiger partial charge in [-0.1, -0.05) is 27.5 Å². The van der Waals surface area contributed by atoms with Crippen molar-refractivity contribution in [2.24, 2.45) is 0 Å². The van der Waals surface area contributed by atoms with E-state index in [2.05, 4.69) is 21.2 Å². The molecule has 0 aliphatic carbocycles. The first kappa shape index (κ1) is 15.9. The molecule has 0 heterocycles. The molecule has 7 heteroatoms. The maximum absolute atomic E-state index is 12.3. The lowest BCUT2D eigenvalue weighted by Gasteiger charge is -2.11. The molecule has 1 atom stereocenters. The Morgan fingerprint density at radius 2 is 2.16 bits per heavy atom. The minimum Gasteiger partial charge on any atom is -0.480 e. The first-order valence-corrected chi connectivity index (χ1v) is 6.63. The average molecular weight is 353 g/mol. The first-order valence-electron chi connectivity index (χ1n) is 5.46. The molecule has 1 amide bonds. The zero-order valence-electron chi connectivity index (χ0n) is 9.83. The number of aliphatic carboxylic acids is 1. The normalized spacial score (nSPS) is 11.9. The molecule has 0 spiro atoms. The van der Waals surface area contributed by atoms with E-state index in [1.165, 1.54) is 0 Å². The van der Waals surface area contributed by atoms with Crippen molar-refractivity contribution in [1.29, 1.82) is 0 Å². The molecule has 104 valence electrons. The number of carbonyl (C=O) groups is 2. The van der Waals surface area contributed by atoms with Crippen molar-refractivity contribution in [3.8, 4) is 0 Å². The number of nitrogens with one attached hydrogen (secondary N) is 1. The third-order valence-corrected chi connectivity index (χ3v) is 3.43. The topological polar surface area (TPSA) is 66.4 Å². The van der Waals surface area contributed by atoms with Gasteiger partial charge in [-0.2, -0.15) is 0 Å². The zero-order valence-corrected chi connectivity index (χ0v) is 12.2. The number of carboxylic acids is 1. The van der Waals surface area contributed by atoms with Crippen LogP contribution >= 0.6 is 27.5 Å². The van der Waals surface area contributed by atoms with E-state index in [1.807, 2.05) is 0 Å². The molecule has 0 aliphatic heterocycles. The Hall–Kier alpha value is -1.14. The van der Waals surface area contributed by atoms with Gasteiger partial charge in [0, 0.05) is 15.9 Å². The molecule has 0 bridgehead atoms. The number of benzene rings is 1. The smallest absolute Gasteiger partial charge is 0.328 e. The van der Waals surface area contributed by atoms with Crippen LogP contribution in [-0.2, 0) is 16.0 Å². The fourth-order valence-corrected chi connectivity index (χ4v) is 2.06. The molecule has 1 aromatic rings. The van der Waals surface area contributed by atoms with Crippen LogP contribution in [0.1, 0.15) is 12.0 Å². The Bertz CT molecular complexity index is 484. The SMILES string of the molecule is O=C(CCc1cc(Cl)ccc1Br)NC(CF)C(=O)O. The molecule has 0 radical (unpaired) electrons. The summed E-state index contributed by atoms with van der Waals surface area (Å²) < 4.78 is 13.1. The molecule has 0 saturated heterocycles. The summed E-state index contributed by atoms with van der Waals surface area (Å²) >= 11 is 9.16. The van der Waals surface area contributed by atoms with Gasteiger partial charge in [0.15, 0.2) is 6.04 Å². The molecule has 0 aliphatic rings. The van der Waals surface area contributed by atoms with Crippen LogP contribution in [0.25, 0.3) is 0 Å². The summed E-state index contributed by atoms with van der Waals surface area (Å²) in [6.45, 7) is -1.14. The van der Waals surface area contributed by atoms with Gasteiger partial charge in [0.05, 0.1) is 0 Å². The molecule has 1 unspecified atom stereocenters. The Morgan fingerprint density at radius 1 is 1.47 bits per heavy atom. The number of rotatable bonds is 6. The van der Waals surface area contributed by atoms with E-state index in [-0.39, 0.29) is 6.42 Å². The average Bonchev–Trinajstić information content (AvgIpc) is 2.36. The van der Waals surface area contributed by atoms with E-state index >= 15 is 0 Å². The van der Waals surface area contributed by atoms with Gasteiger partial charge in [-0.05, 0) is 30.2 Å². The van der Waals surface area contributed by atoms with Crippen molar-refractivity contribution < 1.29 is 19.1 Å². The number of amides is 1. The van der Waals surface area contributed by atoms with Gasteiger partial charge in [-0.25, -0.2) is 9.18 Å². The predicted molar refractivity (Wildman–Crippen MR) is 73.0 cm³/mol. The molecule has 4 nitrogen and oxygen atoms in total. The van der Waals surface area contributed by atoms with E-state index in [0.29, 0.717) is 11.4 Å². The van der Waals surface area contributed by atoms with Crippen LogP contribution in [0.5, 0.6) is 0 Å². The van der Waals surface area contributed by atoms with Crippen molar-refractivity contribution >= 4 is 39.4 Å². The summed E-state index contributed by atoms with van der Waals surface area (Å²) in [6.07, 6.45) is 0.439. The fraction of sp³-hybridized carbons (Fsp3) is 0.333. The standard InChI is InChI=1S/C12H12BrClFNO3/c13-9-3-2-8(14)5-7(9)1-4-11(17)16-10(6-15)12(18)19/h2-3,5,10H,1,4,6H2,(H,16,17)(H,18,19). The third kappa shape index (κ3) is 5.16. The predicted octanol–water partition coefficient (Wildman–Crippen LogP) is 2.57.